The van der Waals surface area contributed by atoms with E-state index >= 15 is 0 Å². The molecule has 0 heterocycles. The maximum atomic E-state index is 0. The molecule has 0 bridgehead atoms. The van der Waals surface area contributed by atoms with Crippen molar-refractivity contribution in [2.75, 3.05) is 0 Å². The summed E-state index contributed by atoms with van der Waals surface area (Å²) in [5, 5.41) is 0. The topological polar surface area (TPSA) is 0 Å². The molecule has 0 atom stereocenters. The van der Waals surface area contributed by atoms with Gasteiger partial charge in [-0.1, -0.05) is 0 Å². The van der Waals surface area contributed by atoms with Crippen LogP contribution in [0.25, 0.3) is 0 Å². The van der Waals surface area contributed by atoms with E-state index in [0.29, 0.717) is 0 Å². The first kappa shape index (κ1) is 39.7. The summed E-state index contributed by atoms with van der Waals surface area (Å²) in [6.07, 6.45) is 0. The fraction of sp³-hybridized carbons (Fsp3) is 0. The van der Waals surface area contributed by atoms with Gasteiger partial charge in [-0.15, -0.1) is 0 Å². The van der Waals surface area contributed by atoms with E-state index in [2.05, 4.69) is 0 Å². The van der Waals surface area contributed by atoms with Crippen LogP contribution in [0.2, 0.25) is 0 Å². The molecular weight excluding hydrogens is 829 g/mol. The third-order valence-corrected chi connectivity index (χ3v) is 0. The van der Waals surface area contributed by atoms with Gasteiger partial charge in [-0.3, -0.25) is 0 Å². The fourth-order valence-electron chi connectivity index (χ4n) is 0. The summed E-state index contributed by atoms with van der Waals surface area (Å²) in [6.45, 7) is 0. The zero-order valence-electron chi connectivity index (χ0n) is 1.95. The molecule has 5 heteroatoms. The first-order valence-corrected chi connectivity index (χ1v) is 0. The van der Waals surface area contributed by atoms with Crippen LogP contribution in [0.5, 0.6) is 0 Å². The second kappa shape index (κ2) is 26.2. The largest absolute Gasteiger partial charge is 0 e. The first-order chi connectivity index (χ1) is 0. The van der Waals surface area contributed by atoms with Crippen LogP contribution in [0.1, 0.15) is 0 Å². The summed E-state index contributed by atoms with van der Waals surface area (Å²) in [4.78, 5) is 0. The van der Waals surface area contributed by atoms with Crippen molar-refractivity contribution in [3.8, 4) is 0 Å². The van der Waals surface area contributed by atoms with Crippen LogP contribution in [0.4, 0.5) is 0 Å². The number of hydrogen-bond acceptors (Lipinski definition) is 0. The van der Waals surface area contributed by atoms with Crippen molar-refractivity contribution >= 4 is 27.3 Å². The average Bonchev–Trinajstić information content (AvgIpc) is 0. The number of rotatable bonds is 0. The van der Waals surface area contributed by atoms with Gasteiger partial charge in [0.2, 0.25) is 0 Å². The van der Waals surface area contributed by atoms with E-state index in [0.717, 1.165) is 0 Å². The Morgan fingerprint density at radius 2 is 1.00 bits per heavy atom. The molecular formula is FeIrOsPbW. The summed E-state index contributed by atoms with van der Waals surface area (Å²) >= 11 is 0. The predicted octanol–water partition coefficient (Wildman–Crippen LogP) is -0.391. The average molecular weight is 829 g/mol. The molecule has 35 valence electrons. The normalized spacial score (nSPS) is 0. The zero-order valence-corrected chi connectivity index (χ0v) is 14.8. The minimum absolute atomic E-state index is 0. The third kappa shape index (κ3) is 18.6. The van der Waals surface area contributed by atoms with E-state index in [-0.39, 0.29) is 105 Å². The van der Waals surface area contributed by atoms with Crippen molar-refractivity contribution in [3.63, 3.8) is 0 Å². The van der Waals surface area contributed by atoms with Gasteiger partial charge in [0.25, 0.3) is 0 Å². The van der Waals surface area contributed by atoms with E-state index < -0.39 is 0 Å². The van der Waals surface area contributed by atoms with Crippen molar-refractivity contribution < 1.29 is 78.0 Å². The van der Waals surface area contributed by atoms with Crippen LogP contribution in [-0.2, 0) is 78.0 Å². The van der Waals surface area contributed by atoms with Gasteiger partial charge < -0.3 is 0 Å². The van der Waals surface area contributed by atoms with Gasteiger partial charge in [-0.25, -0.2) is 0 Å². The molecule has 0 aliphatic rings. The van der Waals surface area contributed by atoms with Crippen molar-refractivity contribution in [1.29, 1.82) is 0 Å². The molecule has 0 spiro atoms. The zero-order chi connectivity index (χ0) is 0. The summed E-state index contributed by atoms with van der Waals surface area (Å²) < 4.78 is 0. The smallest absolute Gasteiger partial charge is 0 e. The van der Waals surface area contributed by atoms with Gasteiger partial charge in [0, 0.05) is 105 Å². The van der Waals surface area contributed by atoms with Gasteiger partial charge in [0.05, 0.1) is 0 Å². The molecule has 0 N–H and O–H groups in total. The Bertz CT molecular complexity index is 11.6. The quantitative estimate of drug-likeness (QED) is 0.293. The Balaban J connectivity index is 0. The molecule has 0 aromatic rings. The summed E-state index contributed by atoms with van der Waals surface area (Å²) in [5.41, 5.74) is 0. The van der Waals surface area contributed by atoms with Crippen LogP contribution in [0.15, 0.2) is 0 Å². The molecule has 0 fully saturated rings. The van der Waals surface area contributed by atoms with Gasteiger partial charge in [-0.05, 0) is 0 Å². The molecule has 0 amide bonds. The molecule has 0 saturated carbocycles. The molecule has 5 radical (unpaired) electrons. The molecule has 0 aromatic heterocycles. The third-order valence-electron chi connectivity index (χ3n) is 0. The molecule has 0 nitrogen and oxygen atoms in total. The fourth-order valence-corrected chi connectivity index (χ4v) is 0. The van der Waals surface area contributed by atoms with Crippen LogP contribution >= 0.6 is 0 Å². The minimum atomic E-state index is 0. The van der Waals surface area contributed by atoms with Gasteiger partial charge >= 0.3 is 0 Å². The molecule has 0 saturated heterocycles. The van der Waals surface area contributed by atoms with Crippen molar-refractivity contribution in [2.45, 2.75) is 0 Å². The van der Waals surface area contributed by atoms with E-state index in [1.165, 1.54) is 0 Å². The summed E-state index contributed by atoms with van der Waals surface area (Å²) in [5.74, 6) is 0. The molecule has 5 heavy (non-hydrogen) atoms. The Kier molecular flexibility index (Phi) is 208. The Hall–Kier alpha value is 3.42. The maximum absolute atomic E-state index is 0. The van der Waals surface area contributed by atoms with Crippen LogP contribution in [0.3, 0.4) is 0 Å². The summed E-state index contributed by atoms with van der Waals surface area (Å²) in [7, 11) is 0. The number of hydrogen-bond donors (Lipinski definition) is 0. The van der Waals surface area contributed by atoms with E-state index in [1.54, 1.807) is 0 Å². The molecule has 0 aliphatic heterocycles. The Labute approximate surface area is 103 Å². The second-order valence-corrected chi connectivity index (χ2v) is 0. The Morgan fingerprint density at radius 1 is 1.00 bits per heavy atom. The Morgan fingerprint density at radius 3 is 1.00 bits per heavy atom. The van der Waals surface area contributed by atoms with Gasteiger partial charge in [0.15, 0.2) is 0 Å². The maximum Gasteiger partial charge on any atom is 0 e. The SMILES string of the molecule is [Fe].[Ir].[Os].[Pb].[W]. The van der Waals surface area contributed by atoms with Gasteiger partial charge in [0.1, 0.15) is 0 Å². The van der Waals surface area contributed by atoms with E-state index in [9.17, 15) is 0 Å². The molecule has 0 aromatic carbocycles. The molecule has 0 aliphatic carbocycles. The monoisotopic (exact) mass is 833 g/mol. The van der Waals surface area contributed by atoms with E-state index in [1.807, 2.05) is 0 Å². The van der Waals surface area contributed by atoms with Crippen LogP contribution in [0, 0.1) is 0 Å². The minimum Gasteiger partial charge on any atom is 0 e. The summed E-state index contributed by atoms with van der Waals surface area (Å²) in [6, 6.07) is 0. The van der Waals surface area contributed by atoms with Crippen molar-refractivity contribution in [3.05, 3.63) is 0 Å². The van der Waals surface area contributed by atoms with Gasteiger partial charge in [-0.2, -0.15) is 0 Å². The predicted molar refractivity (Wildman–Crippen MR) is 5.75 cm³/mol. The van der Waals surface area contributed by atoms with E-state index in [4.69, 9.17) is 0 Å². The van der Waals surface area contributed by atoms with Crippen LogP contribution in [-0.4, -0.2) is 27.3 Å². The molecule has 0 rings (SSSR count). The molecule has 0 unspecified atom stereocenters. The van der Waals surface area contributed by atoms with Crippen molar-refractivity contribution in [2.24, 2.45) is 0 Å². The van der Waals surface area contributed by atoms with Crippen molar-refractivity contribution in [1.82, 2.24) is 0 Å². The standard InChI is InChI=1S/Fe.Ir.Os.Pb.W. The second-order valence-electron chi connectivity index (χ2n) is 0. The first-order valence-electron chi connectivity index (χ1n) is 0. The van der Waals surface area contributed by atoms with Crippen LogP contribution < -0.4 is 0 Å².